The Morgan fingerprint density at radius 1 is 1.00 bits per heavy atom. The number of anilines is 1. The topological polar surface area (TPSA) is 89.0 Å². The summed E-state index contributed by atoms with van der Waals surface area (Å²) in [5, 5.41) is 6.60. The highest BCUT2D eigenvalue weighted by Gasteiger charge is 2.10. The van der Waals surface area contributed by atoms with E-state index in [0.29, 0.717) is 34.9 Å². The molecule has 3 aromatic carbocycles. The average Bonchev–Trinajstić information content (AvgIpc) is 2.80. The van der Waals surface area contributed by atoms with E-state index in [2.05, 4.69) is 31.8 Å². The molecule has 0 bridgehead atoms. The van der Waals surface area contributed by atoms with Crippen LogP contribution in [0.4, 0.5) is 10.1 Å². The predicted molar refractivity (Wildman–Crippen MR) is 127 cm³/mol. The molecule has 0 saturated carbocycles. The Bertz CT molecular complexity index is 1140. The number of hydrazone groups is 1. The van der Waals surface area contributed by atoms with Gasteiger partial charge in [-0.15, -0.1) is 0 Å². The van der Waals surface area contributed by atoms with Gasteiger partial charge in [0.05, 0.1) is 12.8 Å². The minimum atomic E-state index is -0.398. The number of nitrogens with one attached hydrogen (secondary N) is 2. The van der Waals surface area contributed by atoms with Gasteiger partial charge < -0.3 is 14.8 Å². The Hall–Kier alpha value is -3.72. The van der Waals surface area contributed by atoms with Gasteiger partial charge in [-0.05, 0) is 79.2 Å². The largest absolute Gasteiger partial charge is 0.490 e. The molecule has 0 atom stereocenters. The molecule has 3 aromatic rings. The molecule has 3 rings (SSSR count). The molecule has 33 heavy (non-hydrogen) atoms. The van der Waals surface area contributed by atoms with Gasteiger partial charge in [0, 0.05) is 15.7 Å². The number of rotatable bonds is 9. The number of carbonyl (C=O) groups is 2. The maximum atomic E-state index is 13.0. The summed E-state index contributed by atoms with van der Waals surface area (Å²) in [6, 6.07) is 17.4. The molecule has 0 aliphatic rings. The highest BCUT2D eigenvalue weighted by atomic mass is 79.9. The molecule has 2 N–H and O–H groups in total. The van der Waals surface area contributed by atoms with Crippen molar-refractivity contribution in [2.24, 2.45) is 5.10 Å². The first-order chi connectivity index (χ1) is 15.9. The van der Waals surface area contributed by atoms with Crippen LogP contribution in [-0.2, 0) is 4.79 Å². The molecule has 9 heteroatoms. The van der Waals surface area contributed by atoms with Crippen molar-refractivity contribution >= 4 is 39.6 Å². The van der Waals surface area contributed by atoms with Crippen LogP contribution in [0.1, 0.15) is 22.8 Å². The van der Waals surface area contributed by atoms with Crippen molar-refractivity contribution < 1.29 is 23.5 Å². The maximum absolute atomic E-state index is 13.0. The molecule has 0 unspecified atom stereocenters. The van der Waals surface area contributed by atoms with Gasteiger partial charge in [-0.25, -0.2) is 9.82 Å². The van der Waals surface area contributed by atoms with Crippen LogP contribution in [0.2, 0.25) is 0 Å². The molecule has 0 saturated heterocycles. The molecule has 0 spiro atoms. The lowest BCUT2D eigenvalue weighted by Gasteiger charge is -2.12. The van der Waals surface area contributed by atoms with Gasteiger partial charge in [-0.1, -0.05) is 15.9 Å². The average molecular weight is 514 g/mol. The molecule has 0 aliphatic heterocycles. The molecular weight excluding hydrogens is 493 g/mol. The van der Waals surface area contributed by atoms with Gasteiger partial charge in [0.25, 0.3) is 11.8 Å². The highest BCUT2D eigenvalue weighted by molar-refractivity contribution is 9.10. The first-order valence-corrected chi connectivity index (χ1v) is 10.8. The number of hydrogen-bond acceptors (Lipinski definition) is 5. The molecule has 0 fully saturated rings. The van der Waals surface area contributed by atoms with Crippen LogP contribution < -0.4 is 20.2 Å². The van der Waals surface area contributed by atoms with Crippen molar-refractivity contribution in [3.05, 3.63) is 88.1 Å². The summed E-state index contributed by atoms with van der Waals surface area (Å²) in [5.41, 5.74) is 4.08. The van der Waals surface area contributed by atoms with Gasteiger partial charge in [-0.3, -0.25) is 9.59 Å². The lowest BCUT2D eigenvalue weighted by Crippen LogP contribution is -2.20. The van der Waals surface area contributed by atoms with Crippen LogP contribution in [0, 0.1) is 5.82 Å². The highest BCUT2D eigenvalue weighted by Crippen LogP contribution is 2.28. The number of carbonyl (C=O) groups excluding carboxylic acids is 2. The molecule has 0 heterocycles. The Kier molecular flexibility index (Phi) is 8.54. The Morgan fingerprint density at radius 3 is 2.42 bits per heavy atom. The SMILES string of the molecule is CCOc1cc(/C=N/NC(=O)c2ccc(Br)cc2)ccc1OCC(=O)Nc1ccc(F)cc1. The fourth-order valence-corrected chi connectivity index (χ4v) is 2.96. The second kappa shape index (κ2) is 11.8. The van der Waals surface area contributed by atoms with E-state index in [1.54, 1.807) is 42.5 Å². The lowest BCUT2D eigenvalue weighted by atomic mass is 10.2. The number of benzene rings is 3. The molecule has 0 aromatic heterocycles. The third kappa shape index (κ3) is 7.43. The van der Waals surface area contributed by atoms with Gasteiger partial charge in [0.2, 0.25) is 0 Å². The second-order valence-electron chi connectivity index (χ2n) is 6.69. The first kappa shape index (κ1) is 23.9. The van der Waals surface area contributed by atoms with E-state index < -0.39 is 5.91 Å². The van der Waals surface area contributed by atoms with Crippen LogP contribution in [0.25, 0.3) is 0 Å². The molecular formula is C24H21BrFN3O4. The summed E-state index contributed by atoms with van der Waals surface area (Å²) in [6.45, 7) is 1.96. The Balaban J connectivity index is 1.59. The fourth-order valence-electron chi connectivity index (χ4n) is 2.70. The summed E-state index contributed by atoms with van der Waals surface area (Å²) in [5.74, 6) is -0.319. The van der Waals surface area contributed by atoms with Crippen molar-refractivity contribution in [1.82, 2.24) is 5.43 Å². The fraction of sp³-hybridized carbons (Fsp3) is 0.125. The van der Waals surface area contributed by atoms with Crippen LogP contribution >= 0.6 is 15.9 Å². The van der Waals surface area contributed by atoms with Crippen LogP contribution in [0.3, 0.4) is 0 Å². The van der Waals surface area contributed by atoms with Crippen LogP contribution in [-0.4, -0.2) is 31.2 Å². The van der Waals surface area contributed by atoms with E-state index in [0.717, 1.165) is 4.47 Å². The van der Waals surface area contributed by atoms with E-state index in [1.165, 1.54) is 30.5 Å². The summed E-state index contributed by atoms with van der Waals surface area (Å²) in [4.78, 5) is 24.2. The van der Waals surface area contributed by atoms with Crippen molar-refractivity contribution in [2.75, 3.05) is 18.5 Å². The second-order valence-corrected chi connectivity index (χ2v) is 7.60. The monoisotopic (exact) mass is 513 g/mol. The molecule has 0 aliphatic carbocycles. The first-order valence-electron chi connectivity index (χ1n) is 9.98. The van der Waals surface area contributed by atoms with E-state index in [9.17, 15) is 14.0 Å². The zero-order valence-electron chi connectivity index (χ0n) is 17.7. The summed E-state index contributed by atoms with van der Waals surface area (Å²) in [7, 11) is 0. The summed E-state index contributed by atoms with van der Waals surface area (Å²) in [6.07, 6.45) is 1.48. The van der Waals surface area contributed by atoms with Crippen molar-refractivity contribution in [2.45, 2.75) is 6.92 Å². The molecule has 0 radical (unpaired) electrons. The molecule has 170 valence electrons. The summed E-state index contributed by atoms with van der Waals surface area (Å²) >= 11 is 3.32. The number of hydrogen-bond donors (Lipinski definition) is 2. The van der Waals surface area contributed by atoms with Crippen LogP contribution in [0.15, 0.2) is 76.3 Å². The zero-order valence-corrected chi connectivity index (χ0v) is 19.3. The smallest absolute Gasteiger partial charge is 0.271 e. The normalized spacial score (nSPS) is 10.6. The minimum Gasteiger partial charge on any atom is -0.490 e. The number of halogens is 2. The third-order valence-corrected chi connectivity index (χ3v) is 4.77. The standard InChI is InChI=1S/C24H21BrFN3O4/c1-2-32-22-13-16(14-27-29-24(31)17-4-6-18(25)7-5-17)3-12-21(22)33-15-23(30)28-20-10-8-19(26)9-11-20/h3-14H,2,15H2,1H3,(H,28,30)(H,29,31)/b27-14+. The van der Waals surface area contributed by atoms with E-state index >= 15 is 0 Å². The van der Waals surface area contributed by atoms with Gasteiger partial charge in [0.15, 0.2) is 18.1 Å². The van der Waals surface area contributed by atoms with Gasteiger partial charge in [0.1, 0.15) is 5.82 Å². The van der Waals surface area contributed by atoms with E-state index in [1.807, 2.05) is 6.92 Å². The predicted octanol–water partition coefficient (Wildman–Crippen LogP) is 4.77. The Labute approximate surface area is 198 Å². The zero-order chi connectivity index (χ0) is 23.6. The van der Waals surface area contributed by atoms with Gasteiger partial charge >= 0.3 is 0 Å². The minimum absolute atomic E-state index is 0.256. The number of nitrogens with zero attached hydrogens (tertiary/aromatic N) is 1. The number of ether oxygens (including phenoxy) is 2. The van der Waals surface area contributed by atoms with E-state index in [4.69, 9.17) is 9.47 Å². The van der Waals surface area contributed by atoms with Crippen molar-refractivity contribution in [3.8, 4) is 11.5 Å². The quantitative estimate of drug-likeness (QED) is 0.318. The Morgan fingerprint density at radius 2 is 1.73 bits per heavy atom. The molecule has 7 nitrogen and oxygen atoms in total. The van der Waals surface area contributed by atoms with Crippen LogP contribution in [0.5, 0.6) is 11.5 Å². The van der Waals surface area contributed by atoms with E-state index in [-0.39, 0.29) is 18.3 Å². The lowest BCUT2D eigenvalue weighted by molar-refractivity contribution is -0.118. The summed E-state index contributed by atoms with van der Waals surface area (Å²) < 4.78 is 25.0. The van der Waals surface area contributed by atoms with Crippen molar-refractivity contribution in [3.63, 3.8) is 0 Å². The molecule has 2 amide bonds. The third-order valence-electron chi connectivity index (χ3n) is 4.24. The van der Waals surface area contributed by atoms with Crippen molar-refractivity contribution in [1.29, 1.82) is 0 Å². The maximum Gasteiger partial charge on any atom is 0.271 e. The van der Waals surface area contributed by atoms with Gasteiger partial charge in [-0.2, -0.15) is 5.10 Å². The number of amides is 2.